The van der Waals surface area contributed by atoms with E-state index in [0.29, 0.717) is 32.1 Å². The lowest BCUT2D eigenvalue weighted by atomic mass is 9.91. The molecule has 0 saturated carbocycles. The van der Waals surface area contributed by atoms with Crippen LogP contribution in [0.15, 0.2) is 66.9 Å². The van der Waals surface area contributed by atoms with Crippen molar-refractivity contribution in [2.45, 2.75) is 25.0 Å². The van der Waals surface area contributed by atoms with Gasteiger partial charge in [0.2, 0.25) is 5.95 Å². The molecule has 2 saturated heterocycles. The van der Waals surface area contributed by atoms with Gasteiger partial charge in [-0.1, -0.05) is 30.3 Å². The summed E-state index contributed by atoms with van der Waals surface area (Å²) in [4.78, 5) is 25.1. The number of rotatable bonds is 9. The molecule has 0 unspecified atom stereocenters. The Morgan fingerprint density at radius 2 is 1.80 bits per heavy atom. The number of urea groups is 1. The molecular formula is C31H32F3N7O3. The predicted molar refractivity (Wildman–Crippen MR) is 157 cm³/mol. The molecule has 2 fully saturated rings. The number of pyridine rings is 1. The first-order valence-electron chi connectivity index (χ1n) is 14.2. The largest absolute Gasteiger partial charge is 0.383 e. The number of hydroxylamine groups is 2. The van der Waals surface area contributed by atoms with Crippen LogP contribution in [-0.4, -0.2) is 71.8 Å². The Balaban J connectivity index is 1.22. The molecule has 0 bridgehead atoms. The first-order valence-corrected chi connectivity index (χ1v) is 14.2. The molecule has 2 aliphatic rings. The molecule has 4 heterocycles. The summed E-state index contributed by atoms with van der Waals surface area (Å²) in [5, 5.41) is 12.4. The SMILES string of the molecule is COCCN1C[C@@H](NC(=O)Nc2c(C)c(N3CC(c4ccc(F)cc4)C3)nn2-c2ccccc2)[C@H](c2cnc(F)c(F)c2)O1. The molecule has 2 aromatic heterocycles. The van der Waals surface area contributed by atoms with Gasteiger partial charge in [-0.3, -0.25) is 10.2 Å². The third kappa shape index (κ3) is 6.11. The second-order valence-corrected chi connectivity index (χ2v) is 10.9. The van der Waals surface area contributed by atoms with Gasteiger partial charge in [0, 0.05) is 56.5 Å². The fourth-order valence-electron chi connectivity index (χ4n) is 5.53. The summed E-state index contributed by atoms with van der Waals surface area (Å²) in [6.45, 7) is 4.35. The second-order valence-electron chi connectivity index (χ2n) is 10.9. The van der Waals surface area contributed by atoms with Crippen LogP contribution in [0.2, 0.25) is 0 Å². The van der Waals surface area contributed by atoms with E-state index in [0.717, 1.165) is 28.7 Å². The van der Waals surface area contributed by atoms with Gasteiger partial charge in [0.15, 0.2) is 11.6 Å². The third-order valence-corrected chi connectivity index (χ3v) is 7.89. The van der Waals surface area contributed by atoms with Crippen LogP contribution in [0.5, 0.6) is 0 Å². The number of hydrogen-bond acceptors (Lipinski definition) is 7. The Bertz CT molecular complexity index is 1610. The highest BCUT2D eigenvalue weighted by Crippen LogP contribution is 2.37. The van der Waals surface area contributed by atoms with E-state index < -0.39 is 29.9 Å². The highest BCUT2D eigenvalue weighted by molar-refractivity contribution is 5.90. The molecule has 6 rings (SSSR count). The maximum atomic E-state index is 14.0. The summed E-state index contributed by atoms with van der Waals surface area (Å²) in [6, 6.07) is 15.9. The van der Waals surface area contributed by atoms with E-state index in [9.17, 15) is 18.0 Å². The summed E-state index contributed by atoms with van der Waals surface area (Å²) in [5.74, 6) is -1.14. The number of carbonyl (C=O) groups excluding carboxylic acids is 1. The lowest BCUT2D eigenvalue weighted by Gasteiger charge is -2.40. The molecule has 4 aromatic rings. The molecule has 2 aliphatic heterocycles. The van der Waals surface area contributed by atoms with E-state index in [2.05, 4.69) is 20.5 Å². The monoisotopic (exact) mass is 607 g/mol. The summed E-state index contributed by atoms with van der Waals surface area (Å²) >= 11 is 0. The van der Waals surface area contributed by atoms with Crippen LogP contribution in [0.25, 0.3) is 5.69 Å². The molecule has 44 heavy (non-hydrogen) atoms. The molecule has 0 aliphatic carbocycles. The average molecular weight is 608 g/mol. The topological polar surface area (TPSA) is 96.8 Å². The number of hydrogen-bond donors (Lipinski definition) is 2. The molecule has 2 amide bonds. The Hall–Kier alpha value is -4.46. The van der Waals surface area contributed by atoms with Gasteiger partial charge in [-0.05, 0) is 42.8 Å². The number of para-hydroxylation sites is 1. The number of amides is 2. The van der Waals surface area contributed by atoms with Crippen molar-refractivity contribution in [2.24, 2.45) is 0 Å². The standard InChI is InChI=1S/C31H32F3N7O3/c1-19-29(37-31(42)36-26-18-40(12-13-43-2)44-27(26)21-14-25(33)28(34)35-15-21)41(24-6-4-3-5-7-24)38-30(19)39-16-22(17-39)20-8-10-23(32)11-9-20/h3-11,14-15,22,26-27H,12-13,16-18H2,1-2H3,(H2,36,37,42)/t26-,27+/m1/s1. The van der Waals surface area contributed by atoms with E-state index in [1.165, 1.54) is 18.3 Å². The number of methoxy groups -OCH3 is 1. The highest BCUT2D eigenvalue weighted by Gasteiger charge is 2.38. The van der Waals surface area contributed by atoms with Gasteiger partial charge in [0.1, 0.15) is 17.7 Å². The molecule has 0 spiro atoms. The molecule has 0 radical (unpaired) electrons. The van der Waals surface area contributed by atoms with Crippen molar-refractivity contribution in [1.29, 1.82) is 0 Å². The summed E-state index contributed by atoms with van der Waals surface area (Å²) < 4.78 is 47.8. The number of aromatic nitrogens is 3. The minimum Gasteiger partial charge on any atom is -0.383 e. The first kappa shape index (κ1) is 29.6. The molecular weight excluding hydrogens is 575 g/mol. The molecule has 2 N–H and O–H groups in total. The van der Waals surface area contributed by atoms with Crippen molar-refractivity contribution < 1.29 is 27.5 Å². The molecule has 10 nitrogen and oxygen atoms in total. The van der Waals surface area contributed by atoms with Crippen LogP contribution in [-0.2, 0) is 9.57 Å². The van der Waals surface area contributed by atoms with Crippen molar-refractivity contribution in [2.75, 3.05) is 50.1 Å². The van der Waals surface area contributed by atoms with E-state index in [1.54, 1.807) is 29.0 Å². The average Bonchev–Trinajstić information content (AvgIpc) is 3.54. The summed E-state index contributed by atoms with van der Waals surface area (Å²) in [7, 11) is 1.56. The van der Waals surface area contributed by atoms with Gasteiger partial charge in [-0.2, -0.15) is 9.45 Å². The van der Waals surface area contributed by atoms with Gasteiger partial charge < -0.3 is 15.0 Å². The van der Waals surface area contributed by atoms with Gasteiger partial charge in [0.05, 0.1) is 18.3 Å². The number of anilines is 2. The van der Waals surface area contributed by atoms with Crippen molar-refractivity contribution in [1.82, 2.24) is 25.1 Å². The van der Waals surface area contributed by atoms with Crippen molar-refractivity contribution in [3.8, 4) is 5.69 Å². The summed E-state index contributed by atoms with van der Waals surface area (Å²) in [6.07, 6.45) is 0.392. The Morgan fingerprint density at radius 1 is 1.05 bits per heavy atom. The van der Waals surface area contributed by atoms with Gasteiger partial charge >= 0.3 is 6.03 Å². The minimum atomic E-state index is -1.21. The van der Waals surface area contributed by atoms with E-state index in [-0.39, 0.29) is 23.8 Å². The first-order chi connectivity index (χ1) is 21.3. The van der Waals surface area contributed by atoms with E-state index in [4.69, 9.17) is 14.7 Å². The van der Waals surface area contributed by atoms with E-state index in [1.807, 2.05) is 37.3 Å². The van der Waals surface area contributed by atoms with Gasteiger partial charge in [-0.25, -0.2) is 23.2 Å². The smallest absolute Gasteiger partial charge is 0.320 e. The van der Waals surface area contributed by atoms with Crippen LogP contribution in [0.1, 0.15) is 28.7 Å². The Kier molecular flexibility index (Phi) is 8.51. The van der Waals surface area contributed by atoms with Crippen molar-refractivity contribution >= 4 is 17.7 Å². The molecule has 13 heteroatoms. The number of carbonyl (C=O) groups is 1. The molecule has 2 aromatic carbocycles. The predicted octanol–water partition coefficient (Wildman–Crippen LogP) is 4.72. The van der Waals surface area contributed by atoms with Crippen LogP contribution in [0.3, 0.4) is 0 Å². The zero-order chi connectivity index (χ0) is 30.8. The number of nitrogens with zero attached hydrogens (tertiary/aromatic N) is 5. The minimum absolute atomic E-state index is 0.239. The number of benzene rings is 2. The third-order valence-electron chi connectivity index (χ3n) is 7.89. The van der Waals surface area contributed by atoms with Crippen LogP contribution < -0.4 is 15.5 Å². The highest BCUT2D eigenvalue weighted by atomic mass is 19.2. The second kappa shape index (κ2) is 12.6. The number of nitrogens with one attached hydrogen (secondary N) is 2. The van der Waals surface area contributed by atoms with Crippen LogP contribution >= 0.6 is 0 Å². The van der Waals surface area contributed by atoms with Crippen molar-refractivity contribution in [3.63, 3.8) is 0 Å². The molecule has 230 valence electrons. The fraction of sp³-hybridized carbons (Fsp3) is 0.323. The maximum Gasteiger partial charge on any atom is 0.320 e. The maximum absolute atomic E-state index is 14.0. The van der Waals surface area contributed by atoms with Crippen LogP contribution in [0, 0.1) is 24.5 Å². The van der Waals surface area contributed by atoms with E-state index >= 15 is 0 Å². The normalized spacial score (nSPS) is 18.8. The number of halogens is 3. The van der Waals surface area contributed by atoms with Gasteiger partial charge in [0.25, 0.3) is 0 Å². The summed E-state index contributed by atoms with van der Waals surface area (Å²) in [5.41, 5.74) is 2.88. The fourth-order valence-corrected chi connectivity index (χ4v) is 5.53. The quantitative estimate of drug-likeness (QED) is 0.266. The van der Waals surface area contributed by atoms with Gasteiger partial charge in [-0.15, -0.1) is 5.10 Å². The Morgan fingerprint density at radius 3 is 2.50 bits per heavy atom. The Labute approximate surface area is 252 Å². The van der Waals surface area contributed by atoms with Crippen molar-refractivity contribution in [3.05, 3.63) is 101 Å². The zero-order valence-electron chi connectivity index (χ0n) is 24.2. The molecule has 2 atom stereocenters. The number of ether oxygens (including phenoxy) is 1. The van der Waals surface area contributed by atoms with Crippen LogP contribution in [0.4, 0.5) is 29.6 Å². The lowest BCUT2D eigenvalue weighted by Crippen LogP contribution is -2.45. The lowest BCUT2D eigenvalue weighted by molar-refractivity contribution is -0.154. The zero-order valence-corrected chi connectivity index (χ0v) is 24.2.